The zero-order valence-electron chi connectivity index (χ0n) is 30.1. The first-order valence-electron chi connectivity index (χ1n) is 18.4. The van der Waals surface area contributed by atoms with Gasteiger partial charge >= 0.3 is 11.9 Å². The van der Waals surface area contributed by atoms with Crippen molar-refractivity contribution >= 4 is 29.0 Å². The molecule has 0 bridgehead atoms. The molecular formula is C45H43N2O5+. The molecular weight excluding hydrogens is 649 g/mol. The number of anilines is 1. The van der Waals surface area contributed by atoms with Crippen molar-refractivity contribution in [3.63, 3.8) is 0 Å². The molecule has 0 aliphatic carbocycles. The van der Waals surface area contributed by atoms with E-state index in [1.807, 2.05) is 36.4 Å². The molecule has 0 fully saturated rings. The second-order valence-electron chi connectivity index (χ2n) is 15.6. The molecule has 0 radical (unpaired) electrons. The molecule has 52 heavy (non-hydrogen) atoms. The van der Waals surface area contributed by atoms with Gasteiger partial charge in [-0.2, -0.15) is 4.58 Å². The van der Waals surface area contributed by atoms with Gasteiger partial charge in [-0.1, -0.05) is 56.3 Å². The van der Waals surface area contributed by atoms with E-state index in [0.29, 0.717) is 11.1 Å². The van der Waals surface area contributed by atoms with Gasteiger partial charge < -0.3 is 19.1 Å². The first-order valence-corrected chi connectivity index (χ1v) is 18.4. The third kappa shape index (κ3) is 5.16. The lowest BCUT2D eigenvalue weighted by atomic mass is 9.73. The fraction of sp³-hybridized carbons (Fsp3) is 0.311. The van der Waals surface area contributed by atoms with Crippen molar-refractivity contribution in [3.8, 4) is 0 Å². The third-order valence-electron chi connectivity index (χ3n) is 11.6. The summed E-state index contributed by atoms with van der Waals surface area (Å²) in [6.07, 6.45) is 4.42. The van der Waals surface area contributed by atoms with Gasteiger partial charge in [0.05, 0.1) is 28.7 Å². The predicted octanol–water partition coefficient (Wildman–Crippen LogP) is 8.33. The van der Waals surface area contributed by atoms with E-state index >= 15 is 0 Å². The van der Waals surface area contributed by atoms with Crippen molar-refractivity contribution in [2.45, 2.75) is 76.8 Å². The number of fused-ring (bicyclic) bond motifs is 8. The average Bonchev–Trinajstić information content (AvgIpc) is 3.54. The lowest BCUT2D eigenvalue weighted by molar-refractivity contribution is -0.445. The summed E-state index contributed by atoms with van der Waals surface area (Å²) in [5, 5.41) is 0. The molecule has 5 aliphatic rings. The van der Waals surface area contributed by atoms with Gasteiger partial charge in [0.25, 0.3) is 0 Å². The van der Waals surface area contributed by atoms with Gasteiger partial charge in [0, 0.05) is 52.5 Å². The molecule has 262 valence electrons. The summed E-state index contributed by atoms with van der Waals surface area (Å²) in [6.45, 7) is 11.5. The summed E-state index contributed by atoms with van der Waals surface area (Å²) in [6, 6.07) is 31.3. The quantitative estimate of drug-likeness (QED) is 0.150. The molecule has 5 aliphatic heterocycles. The highest BCUT2D eigenvalue weighted by Gasteiger charge is 2.54. The first kappa shape index (κ1) is 32.6. The highest BCUT2D eigenvalue weighted by atomic mass is 16.5. The number of rotatable bonds is 6. The van der Waals surface area contributed by atoms with E-state index in [1.54, 1.807) is 24.3 Å². The minimum Gasteiger partial charge on any atom is -0.457 e. The third-order valence-corrected chi connectivity index (χ3v) is 11.6. The summed E-state index contributed by atoms with van der Waals surface area (Å²) in [4.78, 5) is 27.9. The monoisotopic (exact) mass is 691 g/mol. The van der Waals surface area contributed by atoms with E-state index in [-0.39, 0.29) is 48.2 Å². The second kappa shape index (κ2) is 12.2. The molecule has 9 rings (SSSR count). The SMILES string of the molecule is CC1(C)C2=C3C=C4C5=[N+](CCC4OC3CCN2c2ccc(COC(=O)c3ccccc3)cc21)c1ccc(COC(=O)c2ccccc2)cc1C5(C)C. The topological polar surface area (TPSA) is 68.1 Å². The fourth-order valence-electron chi connectivity index (χ4n) is 9.18. The van der Waals surface area contributed by atoms with Crippen molar-refractivity contribution in [1.29, 1.82) is 0 Å². The van der Waals surface area contributed by atoms with E-state index < -0.39 is 0 Å². The molecule has 5 heterocycles. The number of carbonyl (C=O) groups is 2. The van der Waals surface area contributed by atoms with Crippen LogP contribution in [0.2, 0.25) is 0 Å². The number of allylic oxidation sites excluding steroid dienone is 1. The number of carbonyl (C=O) groups excluding carboxylic acids is 2. The van der Waals surface area contributed by atoms with Crippen molar-refractivity contribution in [2.24, 2.45) is 0 Å². The largest absolute Gasteiger partial charge is 0.457 e. The van der Waals surface area contributed by atoms with Crippen LogP contribution in [0.3, 0.4) is 0 Å². The van der Waals surface area contributed by atoms with Crippen LogP contribution in [0.4, 0.5) is 11.4 Å². The van der Waals surface area contributed by atoms with Crippen LogP contribution in [-0.2, 0) is 38.3 Å². The maximum Gasteiger partial charge on any atom is 0.338 e. The van der Waals surface area contributed by atoms with Crippen LogP contribution in [0.15, 0.2) is 120 Å². The lowest BCUT2D eigenvalue weighted by Gasteiger charge is -2.42. The van der Waals surface area contributed by atoms with Crippen LogP contribution in [-0.4, -0.2) is 47.5 Å². The molecule has 4 aromatic rings. The minimum atomic E-state index is -0.315. The Hall–Kier alpha value is -5.27. The highest BCUT2D eigenvalue weighted by molar-refractivity contribution is 6.08. The van der Waals surface area contributed by atoms with E-state index in [1.165, 1.54) is 45.1 Å². The Morgan fingerprint density at radius 1 is 0.750 bits per heavy atom. The van der Waals surface area contributed by atoms with E-state index in [0.717, 1.165) is 37.1 Å². The van der Waals surface area contributed by atoms with Gasteiger partial charge in [-0.25, -0.2) is 9.59 Å². The zero-order chi connectivity index (χ0) is 35.8. The van der Waals surface area contributed by atoms with Crippen molar-refractivity contribution < 1.29 is 28.4 Å². The van der Waals surface area contributed by atoms with Gasteiger partial charge in [-0.05, 0) is 91.6 Å². The molecule has 0 spiro atoms. The van der Waals surface area contributed by atoms with Gasteiger partial charge in [0.2, 0.25) is 5.69 Å². The van der Waals surface area contributed by atoms with Crippen molar-refractivity contribution in [2.75, 3.05) is 18.0 Å². The number of ether oxygens (including phenoxy) is 3. The summed E-state index contributed by atoms with van der Waals surface area (Å²) in [7, 11) is 0. The first-order chi connectivity index (χ1) is 25.1. The van der Waals surface area contributed by atoms with Gasteiger partial charge in [-0.15, -0.1) is 0 Å². The summed E-state index contributed by atoms with van der Waals surface area (Å²) in [5.41, 5.74) is 12.6. The molecule has 0 saturated carbocycles. The summed E-state index contributed by atoms with van der Waals surface area (Å²) >= 11 is 0. The number of esters is 2. The lowest BCUT2D eigenvalue weighted by Crippen LogP contribution is -2.47. The molecule has 0 N–H and O–H groups in total. The molecule has 2 atom stereocenters. The van der Waals surface area contributed by atoms with Gasteiger partial charge in [0.1, 0.15) is 13.2 Å². The summed E-state index contributed by atoms with van der Waals surface area (Å²) < 4.78 is 21.0. The van der Waals surface area contributed by atoms with Crippen LogP contribution in [0.1, 0.15) is 83.5 Å². The Morgan fingerprint density at radius 2 is 1.37 bits per heavy atom. The predicted molar refractivity (Wildman–Crippen MR) is 200 cm³/mol. The molecule has 0 aromatic heterocycles. The van der Waals surface area contributed by atoms with Crippen LogP contribution >= 0.6 is 0 Å². The molecule has 2 unspecified atom stereocenters. The normalized spacial score (nSPS) is 21.6. The van der Waals surface area contributed by atoms with Crippen LogP contribution in [0.5, 0.6) is 0 Å². The maximum absolute atomic E-state index is 12.7. The highest BCUT2D eigenvalue weighted by Crippen LogP contribution is 2.54. The fourth-order valence-corrected chi connectivity index (χ4v) is 9.18. The average molecular weight is 692 g/mol. The Morgan fingerprint density at radius 3 is 2.02 bits per heavy atom. The smallest absolute Gasteiger partial charge is 0.338 e. The van der Waals surface area contributed by atoms with Gasteiger partial charge in [-0.3, -0.25) is 0 Å². The van der Waals surface area contributed by atoms with Gasteiger partial charge in [0.15, 0.2) is 12.3 Å². The van der Waals surface area contributed by atoms with Crippen LogP contribution in [0, 0.1) is 0 Å². The van der Waals surface area contributed by atoms with Crippen molar-refractivity contribution in [3.05, 3.63) is 153 Å². The number of hydrogen-bond donors (Lipinski definition) is 0. The summed E-state index contributed by atoms with van der Waals surface area (Å²) in [5.74, 6) is -0.630. The van der Waals surface area contributed by atoms with Crippen LogP contribution < -0.4 is 4.90 Å². The standard InChI is InChI=1S/C45H43N2O5/c1-44(2)34-23-28(26-50-42(48)30-11-7-5-8-12-30)15-17-36(34)46-21-19-38-32(40(44)46)25-33-39(52-38)20-22-47-37-18-16-29(24-35(37)45(3,4)41(33)47)27-51-43(49)31-13-9-6-10-14-31/h5-18,23-25,38-39H,19-22,26-27H2,1-4H3/q+1. The molecule has 0 saturated heterocycles. The number of hydrogen-bond acceptors (Lipinski definition) is 6. The Bertz CT molecular complexity index is 2230. The van der Waals surface area contributed by atoms with Crippen LogP contribution in [0.25, 0.3) is 0 Å². The van der Waals surface area contributed by atoms with E-state index in [9.17, 15) is 9.59 Å². The Labute approximate surface area is 304 Å². The van der Waals surface area contributed by atoms with E-state index in [2.05, 4.69) is 79.6 Å². The minimum absolute atomic E-state index is 0.0461. The molecule has 7 heteroatoms. The maximum atomic E-state index is 12.7. The molecule has 4 aromatic carbocycles. The van der Waals surface area contributed by atoms with E-state index in [4.69, 9.17) is 14.2 Å². The molecule has 7 nitrogen and oxygen atoms in total. The molecule has 0 amide bonds. The number of benzene rings is 4. The Balaban J connectivity index is 1.02. The second-order valence-corrected chi connectivity index (χ2v) is 15.6. The zero-order valence-corrected chi connectivity index (χ0v) is 30.1. The number of nitrogens with zero attached hydrogens (tertiary/aromatic N) is 2. The Kier molecular flexibility index (Phi) is 7.63. The van der Waals surface area contributed by atoms with Crippen molar-refractivity contribution in [1.82, 2.24) is 0 Å².